The van der Waals surface area contributed by atoms with E-state index in [9.17, 15) is 8.42 Å². The van der Waals surface area contributed by atoms with E-state index in [0.717, 1.165) is 6.54 Å². The standard InChI is InChI=1S/C11H22N4O3S/c1-3-7-19(16,17)8-5-15-10-13-11(14-15)9-12-4-6-18-2/h10,12H,3-9H2,1-2H3. The van der Waals surface area contributed by atoms with E-state index in [0.29, 0.717) is 31.9 Å². The van der Waals surface area contributed by atoms with Gasteiger partial charge in [-0.1, -0.05) is 6.92 Å². The molecule has 0 fully saturated rings. The molecule has 0 aromatic carbocycles. The molecule has 0 aliphatic heterocycles. The molecule has 110 valence electrons. The molecule has 0 spiro atoms. The molecular formula is C11H22N4O3S. The van der Waals surface area contributed by atoms with Gasteiger partial charge in [0.15, 0.2) is 15.7 Å². The highest BCUT2D eigenvalue weighted by atomic mass is 32.2. The number of nitrogens with zero attached hydrogens (tertiary/aromatic N) is 3. The summed E-state index contributed by atoms with van der Waals surface area (Å²) in [5.74, 6) is 0.998. The summed E-state index contributed by atoms with van der Waals surface area (Å²) in [6.45, 7) is 4.13. The maximum absolute atomic E-state index is 11.6. The fourth-order valence-electron chi connectivity index (χ4n) is 1.54. The summed E-state index contributed by atoms with van der Waals surface area (Å²) < 4.78 is 29.6. The lowest BCUT2D eigenvalue weighted by molar-refractivity contribution is 0.199. The number of aryl methyl sites for hydroxylation is 1. The fraction of sp³-hybridized carbons (Fsp3) is 0.818. The van der Waals surface area contributed by atoms with Crippen molar-refractivity contribution in [2.45, 2.75) is 26.4 Å². The Morgan fingerprint density at radius 3 is 2.89 bits per heavy atom. The zero-order chi connectivity index (χ0) is 14.1. The molecule has 8 heteroatoms. The summed E-state index contributed by atoms with van der Waals surface area (Å²) in [6, 6.07) is 0. The van der Waals surface area contributed by atoms with Gasteiger partial charge in [0.25, 0.3) is 0 Å². The van der Waals surface area contributed by atoms with Gasteiger partial charge in [0.05, 0.1) is 25.4 Å². The van der Waals surface area contributed by atoms with Crippen LogP contribution in [-0.4, -0.2) is 54.9 Å². The predicted molar refractivity (Wildman–Crippen MR) is 72.5 cm³/mol. The second-order valence-electron chi connectivity index (χ2n) is 4.25. The Hall–Kier alpha value is -0.990. The van der Waals surface area contributed by atoms with Gasteiger partial charge in [0.2, 0.25) is 0 Å². The molecule has 1 rings (SSSR count). The maximum atomic E-state index is 11.6. The van der Waals surface area contributed by atoms with Crippen molar-refractivity contribution >= 4 is 9.84 Å². The summed E-state index contributed by atoms with van der Waals surface area (Å²) in [6.07, 6.45) is 2.21. The molecular weight excluding hydrogens is 268 g/mol. The van der Waals surface area contributed by atoms with Crippen LogP contribution in [0.15, 0.2) is 6.33 Å². The summed E-state index contributed by atoms with van der Waals surface area (Å²) >= 11 is 0. The van der Waals surface area contributed by atoms with Crippen LogP contribution in [0.25, 0.3) is 0 Å². The van der Waals surface area contributed by atoms with Crippen molar-refractivity contribution in [3.63, 3.8) is 0 Å². The number of rotatable bonds is 10. The van der Waals surface area contributed by atoms with Crippen molar-refractivity contribution in [1.29, 1.82) is 0 Å². The molecule has 0 unspecified atom stereocenters. The minimum atomic E-state index is -2.97. The minimum Gasteiger partial charge on any atom is -0.383 e. The molecule has 1 aromatic heterocycles. The first-order valence-electron chi connectivity index (χ1n) is 6.36. The topological polar surface area (TPSA) is 86.1 Å². The number of methoxy groups -OCH3 is 1. The molecule has 0 amide bonds. The first kappa shape index (κ1) is 16.1. The van der Waals surface area contributed by atoms with E-state index in [1.54, 1.807) is 18.1 Å². The van der Waals surface area contributed by atoms with Crippen LogP contribution in [0, 0.1) is 0 Å². The van der Waals surface area contributed by atoms with E-state index in [-0.39, 0.29) is 11.5 Å². The number of ether oxygens (including phenoxy) is 1. The van der Waals surface area contributed by atoms with Crippen molar-refractivity contribution in [3.8, 4) is 0 Å². The molecule has 1 heterocycles. The molecule has 19 heavy (non-hydrogen) atoms. The lowest BCUT2D eigenvalue weighted by Crippen LogP contribution is -2.20. The Balaban J connectivity index is 2.34. The van der Waals surface area contributed by atoms with Crippen LogP contribution in [-0.2, 0) is 27.7 Å². The SMILES string of the molecule is CCCS(=O)(=O)CCn1cnc(CNCCOC)n1. The molecule has 0 aliphatic carbocycles. The van der Waals surface area contributed by atoms with Gasteiger partial charge >= 0.3 is 0 Å². The summed E-state index contributed by atoms with van der Waals surface area (Å²) in [4.78, 5) is 4.11. The monoisotopic (exact) mass is 290 g/mol. The normalized spacial score (nSPS) is 11.9. The first-order chi connectivity index (χ1) is 9.07. The molecule has 0 bridgehead atoms. The van der Waals surface area contributed by atoms with Gasteiger partial charge in [-0.05, 0) is 6.42 Å². The Kier molecular flexibility index (Phi) is 6.96. The van der Waals surface area contributed by atoms with Crippen LogP contribution in [0.5, 0.6) is 0 Å². The predicted octanol–water partition coefficient (Wildman–Crippen LogP) is -0.161. The second kappa shape index (κ2) is 8.23. The van der Waals surface area contributed by atoms with E-state index >= 15 is 0 Å². The van der Waals surface area contributed by atoms with Gasteiger partial charge in [0.1, 0.15) is 6.33 Å². The lowest BCUT2D eigenvalue weighted by Gasteiger charge is -2.02. The van der Waals surface area contributed by atoms with E-state index in [4.69, 9.17) is 4.74 Å². The zero-order valence-corrected chi connectivity index (χ0v) is 12.3. The van der Waals surface area contributed by atoms with Gasteiger partial charge < -0.3 is 10.1 Å². The third kappa shape index (κ3) is 6.65. The molecule has 0 radical (unpaired) electrons. The third-order valence-corrected chi connectivity index (χ3v) is 4.33. The number of aromatic nitrogens is 3. The van der Waals surface area contributed by atoms with Gasteiger partial charge in [-0.2, -0.15) is 5.10 Å². The highest BCUT2D eigenvalue weighted by Crippen LogP contribution is 1.96. The van der Waals surface area contributed by atoms with Crippen molar-refractivity contribution in [3.05, 3.63) is 12.2 Å². The molecule has 0 saturated heterocycles. The first-order valence-corrected chi connectivity index (χ1v) is 8.18. The Bertz CT molecular complexity index is 458. The molecule has 7 nitrogen and oxygen atoms in total. The number of hydrogen-bond donors (Lipinski definition) is 1. The van der Waals surface area contributed by atoms with Crippen LogP contribution in [0.2, 0.25) is 0 Å². The largest absolute Gasteiger partial charge is 0.383 e. The average Bonchev–Trinajstić information content (AvgIpc) is 2.80. The third-order valence-electron chi connectivity index (χ3n) is 2.50. The second-order valence-corrected chi connectivity index (χ2v) is 6.55. The fourth-order valence-corrected chi connectivity index (χ4v) is 2.83. The molecule has 1 aromatic rings. The van der Waals surface area contributed by atoms with Gasteiger partial charge in [-0.25, -0.2) is 13.4 Å². The molecule has 0 aliphatic rings. The van der Waals surface area contributed by atoms with Crippen LogP contribution in [0.4, 0.5) is 0 Å². The molecule has 0 atom stereocenters. The Morgan fingerprint density at radius 1 is 1.42 bits per heavy atom. The highest BCUT2D eigenvalue weighted by molar-refractivity contribution is 7.91. The number of sulfone groups is 1. The van der Waals surface area contributed by atoms with Crippen LogP contribution in [0.3, 0.4) is 0 Å². The molecule has 1 N–H and O–H groups in total. The maximum Gasteiger partial charge on any atom is 0.164 e. The lowest BCUT2D eigenvalue weighted by atomic mass is 10.5. The van der Waals surface area contributed by atoms with Crippen LogP contribution < -0.4 is 5.32 Å². The smallest absolute Gasteiger partial charge is 0.164 e. The van der Waals surface area contributed by atoms with E-state index in [2.05, 4.69) is 15.4 Å². The van der Waals surface area contributed by atoms with Crippen LogP contribution in [0.1, 0.15) is 19.2 Å². The summed E-state index contributed by atoms with van der Waals surface area (Å²) in [5, 5.41) is 7.34. The highest BCUT2D eigenvalue weighted by Gasteiger charge is 2.10. The van der Waals surface area contributed by atoms with Gasteiger partial charge in [-0.15, -0.1) is 0 Å². The van der Waals surface area contributed by atoms with E-state index in [1.165, 1.54) is 0 Å². The summed E-state index contributed by atoms with van der Waals surface area (Å²) in [5.41, 5.74) is 0. The summed E-state index contributed by atoms with van der Waals surface area (Å²) in [7, 11) is -1.32. The zero-order valence-electron chi connectivity index (χ0n) is 11.5. The Labute approximate surface area is 114 Å². The van der Waals surface area contributed by atoms with Crippen molar-refractivity contribution < 1.29 is 13.2 Å². The van der Waals surface area contributed by atoms with E-state index in [1.807, 2.05) is 6.92 Å². The van der Waals surface area contributed by atoms with Crippen LogP contribution >= 0.6 is 0 Å². The average molecular weight is 290 g/mol. The van der Waals surface area contributed by atoms with E-state index < -0.39 is 9.84 Å². The van der Waals surface area contributed by atoms with Crippen molar-refractivity contribution in [2.75, 3.05) is 31.8 Å². The molecule has 0 saturated carbocycles. The quantitative estimate of drug-likeness (QED) is 0.603. The van der Waals surface area contributed by atoms with Gasteiger partial charge in [-0.3, -0.25) is 4.68 Å². The Morgan fingerprint density at radius 2 is 2.21 bits per heavy atom. The number of nitrogens with one attached hydrogen (secondary N) is 1. The van der Waals surface area contributed by atoms with Gasteiger partial charge in [0, 0.05) is 19.4 Å². The minimum absolute atomic E-state index is 0.112. The van der Waals surface area contributed by atoms with Crippen molar-refractivity contribution in [1.82, 2.24) is 20.1 Å². The number of hydrogen-bond acceptors (Lipinski definition) is 6. The van der Waals surface area contributed by atoms with Crippen molar-refractivity contribution in [2.24, 2.45) is 0 Å².